The molecule has 1 aromatic rings. The van der Waals surface area contributed by atoms with E-state index < -0.39 is 0 Å². The van der Waals surface area contributed by atoms with Crippen molar-refractivity contribution >= 4 is 29.0 Å². The molecule has 0 aliphatic carbocycles. The second-order valence-electron chi connectivity index (χ2n) is 3.86. The number of nitrogens with zero attached hydrogens (tertiary/aromatic N) is 2. The Morgan fingerprint density at radius 1 is 1.42 bits per heavy atom. The first-order valence-corrected chi connectivity index (χ1v) is 6.21. The Kier molecular flexibility index (Phi) is 6.31. The zero-order valence-corrected chi connectivity index (χ0v) is 11.8. The predicted molar refractivity (Wildman–Crippen MR) is 74.2 cm³/mol. The van der Waals surface area contributed by atoms with Crippen molar-refractivity contribution in [2.75, 3.05) is 37.9 Å². The maximum absolute atomic E-state index is 11.4. The monoisotopic (exact) mass is 287 g/mol. The van der Waals surface area contributed by atoms with Gasteiger partial charge in [-0.2, -0.15) is 4.98 Å². The van der Waals surface area contributed by atoms with Crippen molar-refractivity contribution in [1.82, 2.24) is 15.3 Å². The number of rotatable bonds is 7. The molecule has 0 aromatic carbocycles. The Morgan fingerprint density at radius 2 is 2.16 bits per heavy atom. The fourth-order valence-corrected chi connectivity index (χ4v) is 1.57. The zero-order valence-electron chi connectivity index (χ0n) is 11.0. The van der Waals surface area contributed by atoms with Crippen LogP contribution in [-0.2, 0) is 9.53 Å². The molecule has 0 unspecified atom stereocenters. The third-order valence-electron chi connectivity index (χ3n) is 2.38. The molecule has 0 atom stereocenters. The van der Waals surface area contributed by atoms with E-state index in [0.717, 1.165) is 0 Å². The molecule has 1 aromatic heterocycles. The smallest absolute Gasteiger partial charge is 0.224 e. The first-order valence-electron chi connectivity index (χ1n) is 5.83. The van der Waals surface area contributed by atoms with E-state index in [1.165, 1.54) is 0 Å². The summed E-state index contributed by atoms with van der Waals surface area (Å²) in [6.07, 6.45) is 0.309. The van der Waals surface area contributed by atoms with Crippen molar-refractivity contribution in [3.05, 3.63) is 11.0 Å². The van der Waals surface area contributed by atoms with Crippen LogP contribution in [0.25, 0.3) is 0 Å². The number of aryl methyl sites for hydroxylation is 1. The van der Waals surface area contributed by atoms with E-state index in [-0.39, 0.29) is 11.2 Å². The van der Waals surface area contributed by atoms with Crippen LogP contribution < -0.4 is 16.4 Å². The van der Waals surface area contributed by atoms with E-state index >= 15 is 0 Å². The normalized spacial score (nSPS) is 10.3. The van der Waals surface area contributed by atoms with E-state index in [1.807, 2.05) is 0 Å². The molecule has 0 fully saturated rings. The molecule has 0 aliphatic heterocycles. The minimum absolute atomic E-state index is 0.0694. The van der Waals surface area contributed by atoms with Crippen LogP contribution in [-0.4, -0.2) is 42.7 Å². The largest absolute Gasteiger partial charge is 0.394 e. The van der Waals surface area contributed by atoms with Crippen LogP contribution in [0.4, 0.5) is 11.5 Å². The first-order chi connectivity index (χ1) is 9.04. The van der Waals surface area contributed by atoms with Crippen LogP contribution in [0, 0.1) is 6.92 Å². The Balaban J connectivity index is 2.39. The number of nitrogens with two attached hydrogens (primary N) is 1. The van der Waals surface area contributed by atoms with Crippen molar-refractivity contribution in [1.29, 1.82) is 0 Å². The van der Waals surface area contributed by atoms with Gasteiger partial charge in [-0.25, -0.2) is 4.98 Å². The van der Waals surface area contributed by atoms with Gasteiger partial charge < -0.3 is 21.1 Å². The minimum atomic E-state index is -0.0694. The number of carbonyl (C=O) groups is 1. The van der Waals surface area contributed by atoms with Crippen LogP contribution in [0.2, 0.25) is 5.28 Å². The number of ether oxygens (including phenoxy) is 1. The van der Waals surface area contributed by atoms with Gasteiger partial charge in [-0.3, -0.25) is 4.79 Å². The summed E-state index contributed by atoms with van der Waals surface area (Å²) in [5.74, 6) is 0.377. The predicted octanol–water partition coefficient (Wildman–Crippen LogP) is 0.585. The van der Waals surface area contributed by atoms with Crippen LogP contribution in [0.15, 0.2) is 0 Å². The lowest BCUT2D eigenvalue weighted by atomic mass is 10.3. The van der Waals surface area contributed by atoms with Crippen LogP contribution in [0.3, 0.4) is 0 Å². The third kappa shape index (κ3) is 5.27. The maximum atomic E-state index is 11.4. The molecule has 8 heteroatoms. The number of methoxy groups -OCH3 is 1. The summed E-state index contributed by atoms with van der Waals surface area (Å²) >= 11 is 5.74. The summed E-state index contributed by atoms with van der Waals surface area (Å²) in [5.41, 5.74) is 6.84. The molecule has 0 aliphatic rings. The Hall–Kier alpha value is -1.60. The average molecular weight is 288 g/mol. The van der Waals surface area contributed by atoms with E-state index in [0.29, 0.717) is 43.3 Å². The summed E-state index contributed by atoms with van der Waals surface area (Å²) < 4.78 is 4.83. The lowest BCUT2D eigenvalue weighted by Crippen LogP contribution is -2.28. The van der Waals surface area contributed by atoms with Crippen LogP contribution in [0.5, 0.6) is 0 Å². The van der Waals surface area contributed by atoms with Gasteiger partial charge in [0, 0.05) is 26.6 Å². The SMILES string of the molecule is COCCNC(=O)CCNc1nc(Cl)nc(C)c1N. The average Bonchev–Trinajstić information content (AvgIpc) is 2.35. The van der Waals surface area contributed by atoms with Gasteiger partial charge in [0.2, 0.25) is 11.2 Å². The molecule has 1 amide bonds. The van der Waals surface area contributed by atoms with E-state index in [2.05, 4.69) is 20.6 Å². The molecular formula is C11H18ClN5O2. The Morgan fingerprint density at radius 3 is 2.84 bits per heavy atom. The van der Waals surface area contributed by atoms with Crippen LogP contribution >= 0.6 is 11.6 Å². The van der Waals surface area contributed by atoms with Crippen molar-refractivity contribution in [3.63, 3.8) is 0 Å². The molecule has 19 heavy (non-hydrogen) atoms. The topological polar surface area (TPSA) is 102 Å². The summed E-state index contributed by atoms with van der Waals surface area (Å²) in [6, 6.07) is 0. The number of carbonyl (C=O) groups excluding carboxylic acids is 1. The van der Waals surface area contributed by atoms with Gasteiger partial charge in [-0.15, -0.1) is 0 Å². The summed E-state index contributed by atoms with van der Waals surface area (Å²) in [7, 11) is 1.58. The molecule has 0 radical (unpaired) electrons. The summed E-state index contributed by atoms with van der Waals surface area (Å²) in [6.45, 7) is 3.14. The molecular weight excluding hydrogens is 270 g/mol. The number of hydrogen-bond donors (Lipinski definition) is 3. The van der Waals surface area contributed by atoms with Gasteiger partial charge in [0.25, 0.3) is 0 Å². The summed E-state index contributed by atoms with van der Waals surface area (Å²) in [5, 5.41) is 5.80. The van der Waals surface area contributed by atoms with Crippen molar-refractivity contribution in [3.8, 4) is 0 Å². The first kappa shape index (κ1) is 15.5. The third-order valence-corrected chi connectivity index (χ3v) is 2.55. The number of hydrogen-bond acceptors (Lipinski definition) is 6. The second kappa shape index (κ2) is 7.75. The van der Waals surface area contributed by atoms with Gasteiger partial charge >= 0.3 is 0 Å². The number of amides is 1. The van der Waals surface area contributed by atoms with E-state index in [4.69, 9.17) is 22.1 Å². The standard InChI is InChI=1S/C11H18ClN5O2/c1-7-9(13)10(17-11(12)16-7)15-4-3-8(18)14-5-6-19-2/h3-6,13H2,1-2H3,(H,14,18)(H,15,16,17). The number of nitrogen functional groups attached to an aromatic ring is 1. The molecule has 0 bridgehead atoms. The highest BCUT2D eigenvalue weighted by Crippen LogP contribution is 2.20. The second-order valence-corrected chi connectivity index (χ2v) is 4.20. The lowest BCUT2D eigenvalue weighted by molar-refractivity contribution is -0.121. The lowest BCUT2D eigenvalue weighted by Gasteiger charge is -2.10. The maximum Gasteiger partial charge on any atom is 0.224 e. The molecule has 0 saturated heterocycles. The number of aromatic nitrogens is 2. The molecule has 106 valence electrons. The van der Waals surface area contributed by atoms with Crippen molar-refractivity contribution in [2.45, 2.75) is 13.3 Å². The Bertz CT molecular complexity index is 441. The quantitative estimate of drug-likeness (QED) is 0.501. The van der Waals surface area contributed by atoms with Gasteiger partial charge in [0.05, 0.1) is 18.0 Å². The molecule has 4 N–H and O–H groups in total. The summed E-state index contributed by atoms with van der Waals surface area (Å²) in [4.78, 5) is 19.3. The highest BCUT2D eigenvalue weighted by atomic mass is 35.5. The van der Waals surface area contributed by atoms with Gasteiger partial charge in [0.1, 0.15) is 0 Å². The zero-order chi connectivity index (χ0) is 14.3. The van der Waals surface area contributed by atoms with Gasteiger partial charge in [-0.1, -0.05) is 0 Å². The fraction of sp³-hybridized carbons (Fsp3) is 0.545. The van der Waals surface area contributed by atoms with Crippen molar-refractivity contribution in [2.24, 2.45) is 0 Å². The van der Waals surface area contributed by atoms with E-state index in [1.54, 1.807) is 14.0 Å². The molecule has 0 spiro atoms. The highest BCUT2D eigenvalue weighted by molar-refractivity contribution is 6.28. The Labute approximate surface area is 116 Å². The molecule has 7 nitrogen and oxygen atoms in total. The van der Waals surface area contributed by atoms with Gasteiger partial charge in [0.15, 0.2) is 5.82 Å². The van der Waals surface area contributed by atoms with Gasteiger partial charge in [-0.05, 0) is 18.5 Å². The minimum Gasteiger partial charge on any atom is -0.394 e. The van der Waals surface area contributed by atoms with Crippen LogP contribution in [0.1, 0.15) is 12.1 Å². The molecule has 1 heterocycles. The molecule has 1 rings (SSSR count). The fourth-order valence-electron chi connectivity index (χ4n) is 1.36. The highest BCUT2D eigenvalue weighted by Gasteiger charge is 2.08. The number of anilines is 2. The number of nitrogens with one attached hydrogen (secondary N) is 2. The number of halogens is 1. The molecule has 0 saturated carbocycles. The van der Waals surface area contributed by atoms with Crippen molar-refractivity contribution < 1.29 is 9.53 Å². The van der Waals surface area contributed by atoms with E-state index in [9.17, 15) is 4.79 Å².